The quantitative estimate of drug-likeness (QED) is 0.607. The van der Waals surface area contributed by atoms with Crippen molar-refractivity contribution in [2.75, 3.05) is 6.26 Å². The molecule has 0 saturated carbocycles. The minimum atomic E-state index is -4.68. The average molecular weight is 403 g/mol. The summed E-state index contributed by atoms with van der Waals surface area (Å²) in [5.41, 5.74) is 0.154. The van der Waals surface area contributed by atoms with Crippen LogP contribution in [0.4, 0.5) is 13.2 Å². The topological polar surface area (TPSA) is 52.0 Å². The van der Waals surface area contributed by atoms with Crippen LogP contribution in [0.5, 0.6) is 0 Å². The van der Waals surface area contributed by atoms with Crippen LogP contribution in [0, 0.1) is 6.92 Å². The third-order valence-electron chi connectivity index (χ3n) is 4.06. The van der Waals surface area contributed by atoms with Gasteiger partial charge in [0.15, 0.2) is 9.84 Å². The molecular formula is C17H14ClF3N2O2S. The maximum Gasteiger partial charge on any atom is 0.416 e. The van der Waals surface area contributed by atoms with E-state index in [9.17, 15) is 21.6 Å². The molecule has 0 atom stereocenters. The summed E-state index contributed by atoms with van der Waals surface area (Å²) in [5.74, 6) is 0. The van der Waals surface area contributed by atoms with Crippen LogP contribution in [0.25, 0.3) is 11.0 Å². The second-order valence-corrected chi connectivity index (χ2v) is 8.41. The molecule has 0 spiro atoms. The molecule has 0 aliphatic carbocycles. The smallest absolute Gasteiger partial charge is 0.325 e. The fourth-order valence-corrected chi connectivity index (χ4v) is 3.58. The van der Waals surface area contributed by atoms with Crippen molar-refractivity contribution < 1.29 is 21.6 Å². The molecule has 3 rings (SSSR count). The van der Waals surface area contributed by atoms with Crippen molar-refractivity contribution in [1.82, 2.24) is 9.55 Å². The van der Waals surface area contributed by atoms with Crippen molar-refractivity contribution in [3.63, 3.8) is 0 Å². The van der Waals surface area contributed by atoms with E-state index in [0.29, 0.717) is 11.7 Å². The van der Waals surface area contributed by atoms with Crippen molar-refractivity contribution in [3.8, 4) is 0 Å². The number of hydrogen-bond acceptors (Lipinski definition) is 3. The van der Waals surface area contributed by atoms with Gasteiger partial charge in [-0.1, -0.05) is 17.7 Å². The predicted molar refractivity (Wildman–Crippen MR) is 93.1 cm³/mol. The lowest BCUT2D eigenvalue weighted by Gasteiger charge is -2.16. The zero-order valence-corrected chi connectivity index (χ0v) is 15.4. The Bertz CT molecular complexity index is 1110. The number of hydrogen-bond donors (Lipinski definition) is 0. The van der Waals surface area contributed by atoms with Crippen LogP contribution < -0.4 is 0 Å². The molecular weight excluding hydrogens is 389 g/mol. The molecule has 0 amide bonds. The standard InChI is InChI=1S/C17H14ClF3N2O2S/c1-10-7-11-4-6-15(18)22-16(11)23(10)9-12-3-5-13(26(2,24)25)8-14(12)17(19,20)21/h3-8H,9H2,1-2H3. The Hall–Kier alpha value is -2.06. The first-order valence-electron chi connectivity index (χ1n) is 7.49. The van der Waals surface area contributed by atoms with E-state index in [2.05, 4.69) is 4.98 Å². The van der Waals surface area contributed by atoms with Gasteiger partial charge < -0.3 is 4.57 Å². The Morgan fingerprint density at radius 2 is 1.85 bits per heavy atom. The Morgan fingerprint density at radius 1 is 1.15 bits per heavy atom. The molecule has 26 heavy (non-hydrogen) atoms. The largest absolute Gasteiger partial charge is 0.416 e. The number of alkyl halides is 3. The van der Waals surface area contributed by atoms with E-state index in [1.807, 2.05) is 0 Å². The van der Waals surface area contributed by atoms with Gasteiger partial charge in [0.05, 0.1) is 10.5 Å². The Balaban J connectivity index is 2.17. The van der Waals surface area contributed by atoms with E-state index in [1.54, 1.807) is 29.7 Å². The van der Waals surface area contributed by atoms with Gasteiger partial charge in [0.1, 0.15) is 10.8 Å². The summed E-state index contributed by atoms with van der Waals surface area (Å²) in [6.07, 6.45) is -3.81. The zero-order valence-electron chi connectivity index (χ0n) is 13.8. The van der Waals surface area contributed by atoms with Crippen LogP contribution in [-0.2, 0) is 22.6 Å². The molecule has 3 aromatic rings. The first-order valence-corrected chi connectivity index (χ1v) is 9.76. The van der Waals surface area contributed by atoms with Crippen LogP contribution >= 0.6 is 11.6 Å². The Labute approximate surface area is 153 Å². The summed E-state index contributed by atoms with van der Waals surface area (Å²) >= 11 is 5.91. The number of aromatic nitrogens is 2. The molecule has 0 bridgehead atoms. The number of sulfone groups is 1. The van der Waals surface area contributed by atoms with Gasteiger partial charge in [-0.05, 0) is 42.8 Å². The van der Waals surface area contributed by atoms with E-state index in [-0.39, 0.29) is 22.2 Å². The molecule has 1 aromatic carbocycles. The number of pyridine rings is 1. The van der Waals surface area contributed by atoms with E-state index in [1.165, 1.54) is 12.1 Å². The number of benzene rings is 1. The number of nitrogens with zero attached hydrogens (tertiary/aromatic N) is 2. The summed E-state index contributed by atoms with van der Waals surface area (Å²) in [7, 11) is -3.75. The highest BCUT2D eigenvalue weighted by molar-refractivity contribution is 7.90. The molecule has 2 aromatic heterocycles. The van der Waals surface area contributed by atoms with Gasteiger partial charge in [-0.3, -0.25) is 0 Å². The van der Waals surface area contributed by atoms with Crippen molar-refractivity contribution in [3.05, 3.63) is 58.4 Å². The highest BCUT2D eigenvalue weighted by atomic mass is 35.5. The minimum absolute atomic E-state index is 0.0488. The maximum atomic E-state index is 13.5. The fraction of sp³-hybridized carbons (Fsp3) is 0.235. The lowest BCUT2D eigenvalue weighted by molar-refractivity contribution is -0.138. The van der Waals surface area contributed by atoms with Crippen LogP contribution in [0.2, 0.25) is 5.15 Å². The van der Waals surface area contributed by atoms with Crippen LogP contribution in [0.15, 0.2) is 41.3 Å². The second-order valence-electron chi connectivity index (χ2n) is 6.01. The molecule has 0 unspecified atom stereocenters. The highest BCUT2D eigenvalue weighted by Gasteiger charge is 2.34. The highest BCUT2D eigenvalue weighted by Crippen LogP contribution is 2.34. The van der Waals surface area contributed by atoms with Gasteiger partial charge in [-0.2, -0.15) is 13.2 Å². The van der Waals surface area contributed by atoms with Crippen LogP contribution in [-0.4, -0.2) is 24.2 Å². The monoisotopic (exact) mass is 402 g/mol. The van der Waals surface area contributed by atoms with Crippen LogP contribution in [0.1, 0.15) is 16.8 Å². The lowest BCUT2D eigenvalue weighted by atomic mass is 10.1. The molecule has 138 valence electrons. The average Bonchev–Trinajstić information content (AvgIpc) is 2.81. The number of rotatable bonds is 3. The van der Waals surface area contributed by atoms with Crippen molar-refractivity contribution in [2.24, 2.45) is 0 Å². The third-order valence-corrected chi connectivity index (χ3v) is 5.38. The van der Waals surface area contributed by atoms with Crippen LogP contribution in [0.3, 0.4) is 0 Å². The first-order chi connectivity index (χ1) is 12.0. The SMILES string of the molecule is Cc1cc2ccc(Cl)nc2n1Cc1ccc(S(C)(=O)=O)cc1C(F)(F)F. The molecule has 0 saturated heterocycles. The molecule has 0 radical (unpaired) electrons. The number of aryl methyl sites for hydroxylation is 1. The molecule has 4 nitrogen and oxygen atoms in total. The molecule has 9 heteroatoms. The van der Waals surface area contributed by atoms with Gasteiger partial charge in [-0.15, -0.1) is 0 Å². The van der Waals surface area contributed by atoms with Gasteiger partial charge in [-0.25, -0.2) is 13.4 Å². The zero-order chi connectivity index (χ0) is 19.3. The summed E-state index contributed by atoms with van der Waals surface area (Å²) < 4.78 is 65.3. The summed E-state index contributed by atoms with van der Waals surface area (Å²) in [6, 6.07) is 8.20. The number of halogens is 4. The van der Waals surface area contributed by atoms with Crippen molar-refractivity contribution in [1.29, 1.82) is 0 Å². The first kappa shape index (κ1) is 18.7. The maximum absolute atomic E-state index is 13.5. The molecule has 0 N–H and O–H groups in total. The van der Waals surface area contributed by atoms with E-state index in [4.69, 9.17) is 11.6 Å². The number of fused-ring (bicyclic) bond motifs is 1. The Morgan fingerprint density at radius 3 is 2.46 bits per heavy atom. The minimum Gasteiger partial charge on any atom is -0.325 e. The molecule has 0 aliphatic rings. The predicted octanol–water partition coefficient (Wildman–Crippen LogP) is 4.47. The fourth-order valence-electron chi connectivity index (χ4n) is 2.79. The van der Waals surface area contributed by atoms with Gasteiger partial charge >= 0.3 is 6.18 Å². The Kier molecular flexibility index (Phi) is 4.52. The summed E-state index contributed by atoms with van der Waals surface area (Å²) in [6.45, 7) is 1.65. The van der Waals surface area contributed by atoms with Gasteiger partial charge in [0.25, 0.3) is 0 Å². The van der Waals surface area contributed by atoms with Gasteiger partial charge in [0, 0.05) is 23.9 Å². The van der Waals surface area contributed by atoms with E-state index in [0.717, 1.165) is 17.3 Å². The molecule has 0 aliphatic heterocycles. The van der Waals surface area contributed by atoms with E-state index < -0.39 is 21.6 Å². The second kappa shape index (κ2) is 6.28. The van der Waals surface area contributed by atoms with E-state index >= 15 is 0 Å². The summed E-state index contributed by atoms with van der Waals surface area (Å²) in [5, 5.41) is 0.994. The van der Waals surface area contributed by atoms with Gasteiger partial charge in [0.2, 0.25) is 0 Å². The normalized spacial score (nSPS) is 12.7. The lowest BCUT2D eigenvalue weighted by Crippen LogP contribution is -2.14. The summed E-state index contributed by atoms with van der Waals surface area (Å²) in [4.78, 5) is 3.82. The molecule has 0 fully saturated rings. The third kappa shape index (κ3) is 3.57. The molecule has 2 heterocycles. The van der Waals surface area contributed by atoms with Crippen molar-refractivity contribution in [2.45, 2.75) is 24.5 Å². The van der Waals surface area contributed by atoms with Crippen molar-refractivity contribution >= 4 is 32.5 Å².